The second-order valence-electron chi connectivity index (χ2n) is 4.72. The van der Waals surface area contributed by atoms with Crippen LogP contribution in [0.25, 0.3) is 0 Å². The molecule has 0 unspecified atom stereocenters. The van der Waals surface area contributed by atoms with E-state index in [0.717, 1.165) is 5.56 Å². The van der Waals surface area contributed by atoms with Crippen LogP contribution in [0.3, 0.4) is 0 Å². The molecular weight excluding hydrogens is 263 g/mol. The van der Waals surface area contributed by atoms with E-state index in [0.29, 0.717) is 32.7 Å². The van der Waals surface area contributed by atoms with E-state index in [9.17, 15) is 9.18 Å². The number of ether oxygens (including phenoxy) is 3. The Bertz CT molecular complexity index is 438. The Balaban J connectivity index is 1.95. The van der Waals surface area contributed by atoms with Crippen LogP contribution < -0.4 is 0 Å². The molecular formula is C15H19FO4. The van der Waals surface area contributed by atoms with E-state index < -0.39 is 5.79 Å². The van der Waals surface area contributed by atoms with Crippen LogP contribution in [0.1, 0.15) is 25.3 Å². The Morgan fingerprint density at radius 1 is 1.30 bits per heavy atom. The molecule has 1 aliphatic rings. The number of hydrogen-bond acceptors (Lipinski definition) is 4. The molecule has 0 bridgehead atoms. The van der Waals surface area contributed by atoms with Crippen molar-refractivity contribution in [2.24, 2.45) is 0 Å². The van der Waals surface area contributed by atoms with Crippen molar-refractivity contribution in [3.05, 3.63) is 35.6 Å². The number of carbonyl (C=O) groups excluding carboxylic acids is 1. The molecule has 0 aromatic heterocycles. The molecule has 0 saturated carbocycles. The Kier molecular flexibility index (Phi) is 5.09. The van der Waals surface area contributed by atoms with Gasteiger partial charge in [-0.15, -0.1) is 0 Å². The van der Waals surface area contributed by atoms with Crippen molar-refractivity contribution in [3.8, 4) is 0 Å². The molecule has 1 aliphatic heterocycles. The predicted molar refractivity (Wildman–Crippen MR) is 70.6 cm³/mol. The number of halogens is 1. The highest BCUT2D eigenvalue weighted by Crippen LogP contribution is 2.29. The molecule has 4 nitrogen and oxygen atoms in total. The molecule has 0 spiro atoms. The number of aryl methyl sites for hydroxylation is 1. The normalized spacial score (nSPS) is 17.1. The maximum atomic E-state index is 12.8. The average Bonchev–Trinajstić information content (AvgIpc) is 2.87. The number of hydrogen-bond donors (Lipinski definition) is 0. The summed E-state index contributed by atoms with van der Waals surface area (Å²) >= 11 is 0. The fourth-order valence-electron chi connectivity index (χ4n) is 2.25. The standard InChI is InChI=1S/C15H19FO4/c1-2-18-14(17)11-15(19-9-10-20-15)8-7-12-3-5-13(16)6-4-12/h3-6H,2,7-11H2,1H3. The zero-order valence-electron chi connectivity index (χ0n) is 11.6. The lowest BCUT2D eigenvalue weighted by Crippen LogP contribution is -2.34. The third-order valence-electron chi connectivity index (χ3n) is 3.24. The van der Waals surface area contributed by atoms with Gasteiger partial charge in [-0.2, -0.15) is 0 Å². The molecule has 0 amide bonds. The largest absolute Gasteiger partial charge is 0.466 e. The van der Waals surface area contributed by atoms with Crippen molar-refractivity contribution in [3.63, 3.8) is 0 Å². The first kappa shape index (κ1) is 14.9. The SMILES string of the molecule is CCOC(=O)CC1(CCc2ccc(F)cc2)OCCO1. The summed E-state index contributed by atoms with van der Waals surface area (Å²) < 4.78 is 29.0. The van der Waals surface area contributed by atoms with Crippen molar-refractivity contribution in [2.45, 2.75) is 32.0 Å². The van der Waals surface area contributed by atoms with Crippen molar-refractivity contribution < 1.29 is 23.4 Å². The van der Waals surface area contributed by atoms with E-state index in [4.69, 9.17) is 14.2 Å². The Labute approximate surface area is 117 Å². The highest BCUT2D eigenvalue weighted by molar-refractivity contribution is 5.70. The quantitative estimate of drug-likeness (QED) is 0.752. The highest BCUT2D eigenvalue weighted by atomic mass is 19.1. The summed E-state index contributed by atoms with van der Waals surface area (Å²) in [5, 5.41) is 0. The Hall–Kier alpha value is -1.46. The van der Waals surface area contributed by atoms with Crippen molar-refractivity contribution >= 4 is 5.97 Å². The fraction of sp³-hybridized carbons (Fsp3) is 0.533. The van der Waals surface area contributed by atoms with E-state index >= 15 is 0 Å². The van der Waals surface area contributed by atoms with Gasteiger partial charge in [0, 0.05) is 6.42 Å². The second-order valence-corrected chi connectivity index (χ2v) is 4.72. The lowest BCUT2D eigenvalue weighted by molar-refractivity contribution is -0.184. The maximum absolute atomic E-state index is 12.8. The molecule has 1 aromatic carbocycles. The molecule has 0 radical (unpaired) electrons. The number of rotatable bonds is 6. The summed E-state index contributed by atoms with van der Waals surface area (Å²) in [6, 6.07) is 6.29. The summed E-state index contributed by atoms with van der Waals surface area (Å²) in [5.41, 5.74) is 0.980. The van der Waals surface area contributed by atoms with Gasteiger partial charge in [0.15, 0.2) is 5.79 Å². The van der Waals surface area contributed by atoms with E-state index in [1.807, 2.05) is 0 Å². The summed E-state index contributed by atoms with van der Waals surface area (Å²) in [6.07, 6.45) is 1.28. The van der Waals surface area contributed by atoms with Crippen LogP contribution in [0.2, 0.25) is 0 Å². The van der Waals surface area contributed by atoms with E-state index in [2.05, 4.69) is 0 Å². The van der Waals surface area contributed by atoms with Gasteiger partial charge in [-0.3, -0.25) is 4.79 Å². The summed E-state index contributed by atoms with van der Waals surface area (Å²) in [4.78, 5) is 11.6. The van der Waals surface area contributed by atoms with Gasteiger partial charge in [0.25, 0.3) is 0 Å². The Morgan fingerprint density at radius 2 is 1.95 bits per heavy atom. The van der Waals surface area contributed by atoms with Crippen LogP contribution in [-0.2, 0) is 25.4 Å². The second kappa shape index (κ2) is 6.81. The maximum Gasteiger partial charge on any atom is 0.311 e. The van der Waals surface area contributed by atoms with Crippen LogP contribution in [0.5, 0.6) is 0 Å². The molecule has 1 aromatic rings. The molecule has 1 fully saturated rings. The van der Waals surface area contributed by atoms with Crippen LogP contribution >= 0.6 is 0 Å². The lowest BCUT2D eigenvalue weighted by Gasteiger charge is -2.26. The number of esters is 1. The van der Waals surface area contributed by atoms with Gasteiger partial charge < -0.3 is 14.2 Å². The molecule has 1 saturated heterocycles. The molecule has 20 heavy (non-hydrogen) atoms. The molecule has 110 valence electrons. The third kappa shape index (κ3) is 4.02. The minimum absolute atomic E-state index is 0.0854. The van der Waals surface area contributed by atoms with E-state index in [1.165, 1.54) is 12.1 Å². The van der Waals surface area contributed by atoms with Gasteiger partial charge >= 0.3 is 5.97 Å². The topological polar surface area (TPSA) is 44.8 Å². The molecule has 1 heterocycles. The average molecular weight is 282 g/mol. The zero-order chi connectivity index (χ0) is 14.4. The lowest BCUT2D eigenvalue weighted by atomic mass is 10.0. The molecule has 0 N–H and O–H groups in total. The summed E-state index contributed by atoms with van der Waals surface area (Å²) in [7, 11) is 0. The van der Waals surface area contributed by atoms with Crippen LogP contribution in [0, 0.1) is 5.82 Å². The van der Waals surface area contributed by atoms with E-state index in [1.54, 1.807) is 19.1 Å². The molecule has 2 rings (SSSR count). The van der Waals surface area contributed by atoms with Crippen molar-refractivity contribution in [1.29, 1.82) is 0 Å². The molecule has 0 aliphatic carbocycles. The first-order chi connectivity index (χ1) is 9.63. The van der Waals surface area contributed by atoms with Gasteiger partial charge in [0.1, 0.15) is 5.82 Å². The van der Waals surface area contributed by atoms with Crippen LogP contribution in [-0.4, -0.2) is 31.6 Å². The molecule has 5 heteroatoms. The van der Waals surface area contributed by atoms with Gasteiger partial charge in [-0.1, -0.05) is 12.1 Å². The van der Waals surface area contributed by atoms with E-state index in [-0.39, 0.29) is 18.2 Å². The van der Waals surface area contributed by atoms with Crippen molar-refractivity contribution in [1.82, 2.24) is 0 Å². The summed E-state index contributed by atoms with van der Waals surface area (Å²) in [6.45, 7) is 3.05. The first-order valence-corrected chi connectivity index (χ1v) is 6.81. The summed E-state index contributed by atoms with van der Waals surface area (Å²) in [5.74, 6) is -1.49. The van der Waals surface area contributed by atoms with Gasteiger partial charge in [0.05, 0.1) is 26.2 Å². The fourth-order valence-corrected chi connectivity index (χ4v) is 2.25. The van der Waals surface area contributed by atoms with Gasteiger partial charge in [-0.05, 0) is 31.0 Å². The predicted octanol–water partition coefficient (Wildman–Crippen LogP) is 2.45. The number of benzene rings is 1. The Morgan fingerprint density at radius 3 is 2.55 bits per heavy atom. The van der Waals surface area contributed by atoms with Crippen molar-refractivity contribution in [2.75, 3.05) is 19.8 Å². The third-order valence-corrected chi connectivity index (χ3v) is 3.24. The first-order valence-electron chi connectivity index (χ1n) is 6.81. The van der Waals surface area contributed by atoms with Crippen LogP contribution in [0.15, 0.2) is 24.3 Å². The number of carbonyl (C=O) groups is 1. The molecule has 0 atom stereocenters. The smallest absolute Gasteiger partial charge is 0.311 e. The van der Waals surface area contributed by atoms with Gasteiger partial charge in [-0.25, -0.2) is 4.39 Å². The minimum atomic E-state index is -0.902. The van der Waals surface area contributed by atoms with Gasteiger partial charge in [0.2, 0.25) is 0 Å². The van der Waals surface area contributed by atoms with Crippen LogP contribution in [0.4, 0.5) is 4.39 Å². The minimum Gasteiger partial charge on any atom is -0.466 e. The highest BCUT2D eigenvalue weighted by Gasteiger charge is 2.39. The monoisotopic (exact) mass is 282 g/mol. The zero-order valence-corrected chi connectivity index (χ0v) is 11.6.